The van der Waals surface area contributed by atoms with E-state index in [0.717, 1.165) is 24.4 Å². The molecule has 136 valence electrons. The molecule has 0 aliphatic rings. The second-order valence-electron chi connectivity index (χ2n) is 7.47. The van der Waals surface area contributed by atoms with Crippen LogP contribution in [0.15, 0.2) is 18.3 Å². The number of rotatable bonds is 8. The first kappa shape index (κ1) is 20.6. The first-order chi connectivity index (χ1) is 11.1. The molecule has 0 bridgehead atoms. The summed E-state index contributed by atoms with van der Waals surface area (Å²) < 4.78 is 13.2. The number of hydrogen-bond donors (Lipinski definition) is 0. The van der Waals surface area contributed by atoms with Crippen molar-refractivity contribution >= 4 is 14.3 Å². The van der Waals surface area contributed by atoms with Crippen LogP contribution in [-0.4, -0.2) is 30.4 Å². The fraction of sp³-hybridized carbons (Fsp3) is 0.667. The number of hydrogen-bond acceptors (Lipinski definition) is 4. The Morgan fingerprint density at radius 1 is 1.38 bits per heavy atom. The van der Waals surface area contributed by atoms with Gasteiger partial charge in [-0.05, 0) is 31.5 Å². The third-order valence-electron chi connectivity index (χ3n) is 4.64. The summed E-state index contributed by atoms with van der Waals surface area (Å²) in [7, 11) is 0.259. The predicted molar refractivity (Wildman–Crippen MR) is 99.3 cm³/mol. The Balaban J connectivity index is 2.56. The summed E-state index contributed by atoms with van der Waals surface area (Å²) in [5.74, 6) is 0.707. The summed E-state index contributed by atoms with van der Waals surface area (Å²) in [6.07, 6.45) is 6.74. The lowest BCUT2D eigenvalue weighted by Gasteiger charge is -2.36. The number of carbonyl (C=O) groups is 1. The van der Waals surface area contributed by atoms with Crippen LogP contribution < -0.4 is 0 Å². The van der Waals surface area contributed by atoms with Gasteiger partial charge in [0.05, 0.1) is 25.1 Å². The molecule has 0 aliphatic heterocycles. The van der Waals surface area contributed by atoms with Gasteiger partial charge in [-0.25, -0.2) is 9.78 Å². The fourth-order valence-electron chi connectivity index (χ4n) is 1.91. The summed E-state index contributed by atoms with van der Waals surface area (Å²) in [4.78, 5) is 15.7. The highest BCUT2D eigenvalue weighted by molar-refractivity contribution is 6.74. The normalized spacial score (nSPS) is 12.8. The molecule has 0 amide bonds. The van der Waals surface area contributed by atoms with Crippen LogP contribution in [0.4, 0.5) is 0 Å². The smallest absolute Gasteiger partial charge is 0.330 e. The highest BCUT2D eigenvalue weighted by Crippen LogP contribution is 2.37. The van der Waals surface area contributed by atoms with E-state index in [1.807, 2.05) is 19.3 Å². The molecule has 0 fully saturated rings. The Labute approximate surface area is 147 Å². The topological polar surface area (TPSA) is 53.4 Å². The second-order valence-corrected chi connectivity index (χ2v) is 12.3. The minimum absolute atomic E-state index is 0.201. The zero-order valence-corrected chi connectivity index (χ0v) is 17.2. The Hall–Kier alpha value is -1.40. The Bertz CT molecular complexity index is 571. The van der Waals surface area contributed by atoms with Gasteiger partial charge in [0.1, 0.15) is 5.82 Å². The summed E-state index contributed by atoms with van der Waals surface area (Å²) in [5.41, 5.74) is 1.09. The van der Waals surface area contributed by atoms with Crippen molar-refractivity contribution in [1.82, 2.24) is 9.55 Å². The van der Waals surface area contributed by atoms with Gasteiger partial charge in [0.2, 0.25) is 0 Å². The standard InChI is InChI=1S/C18H32N2O3Si/c1-8-22-17(21)12-10-9-11-16-19-13-15(20(16)5)14-23-24(6,7)18(2,3)4/h10,12-13H,8-9,11,14H2,1-7H3/b12-10+. The molecule has 0 aliphatic carbocycles. The van der Waals surface area contributed by atoms with E-state index < -0.39 is 8.32 Å². The molecule has 24 heavy (non-hydrogen) atoms. The van der Waals surface area contributed by atoms with E-state index in [1.54, 1.807) is 6.92 Å². The zero-order valence-electron chi connectivity index (χ0n) is 16.2. The lowest BCUT2D eigenvalue weighted by atomic mass is 10.2. The van der Waals surface area contributed by atoms with Gasteiger partial charge in [-0.3, -0.25) is 0 Å². The average Bonchev–Trinajstić information content (AvgIpc) is 2.81. The first-order valence-corrected chi connectivity index (χ1v) is 11.5. The molecule has 0 aromatic carbocycles. The van der Waals surface area contributed by atoms with Crippen molar-refractivity contribution in [3.8, 4) is 0 Å². The van der Waals surface area contributed by atoms with Crippen molar-refractivity contribution in [1.29, 1.82) is 0 Å². The molecule has 0 atom stereocenters. The van der Waals surface area contributed by atoms with Gasteiger partial charge in [0, 0.05) is 19.5 Å². The number of aromatic nitrogens is 2. The van der Waals surface area contributed by atoms with Gasteiger partial charge in [0.15, 0.2) is 8.32 Å². The van der Waals surface area contributed by atoms with Gasteiger partial charge >= 0.3 is 5.97 Å². The summed E-state index contributed by atoms with van der Waals surface area (Å²) >= 11 is 0. The summed E-state index contributed by atoms with van der Waals surface area (Å²) in [6.45, 7) is 14.0. The SMILES string of the molecule is CCOC(=O)/C=C/CCc1ncc(CO[Si](C)(C)C(C)(C)C)n1C. The Kier molecular flexibility index (Phi) is 7.42. The molecule has 1 aromatic rings. The van der Waals surface area contributed by atoms with Crippen LogP contribution in [0.5, 0.6) is 0 Å². The molecule has 0 radical (unpaired) electrons. The second kappa shape index (κ2) is 8.62. The van der Waals surface area contributed by atoms with Crippen LogP contribution in [-0.2, 0) is 34.0 Å². The van der Waals surface area contributed by atoms with E-state index in [4.69, 9.17) is 9.16 Å². The molecule has 0 saturated carbocycles. The third-order valence-corrected chi connectivity index (χ3v) is 9.12. The van der Waals surface area contributed by atoms with Crippen LogP contribution in [0.25, 0.3) is 0 Å². The fourth-order valence-corrected chi connectivity index (χ4v) is 2.85. The highest BCUT2D eigenvalue weighted by Gasteiger charge is 2.37. The number of esters is 1. The van der Waals surface area contributed by atoms with Crippen LogP contribution in [0.1, 0.15) is 45.6 Å². The molecule has 1 heterocycles. The molecular weight excluding hydrogens is 320 g/mol. The van der Waals surface area contributed by atoms with E-state index in [-0.39, 0.29) is 11.0 Å². The van der Waals surface area contributed by atoms with Crippen LogP contribution in [0.3, 0.4) is 0 Å². The zero-order chi connectivity index (χ0) is 18.4. The number of ether oxygens (including phenoxy) is 1. The minimum Gasteiger partial charge on any atom is -0.463 e. The molecule has 0 spiro atoms. The van der Waals surface area contributed by atoms with Gasteiger partial charge in [0.25, 0.3) is 0 Å². The molecule has 5 nitrogen and oxygen atoms in total. The van der Waals surface area contributed by atoms with Gasteiger partial charge in [-0.2, -0.15) is 0 Å². The van der Waals surface area contributed by atoms with Crippen molar-refractivity contribution in [3.63, 3.8) is 0 Å². The maximum Gasteiger partial charge on any atom is 0.330 e. The molecule has 6 heteroatoms. The van der Waals surface area contributed by atoms with Crippen LogP contribution in [0.2, 0.25) is 18.1 Å². The van der Waals surface area contributed by atoms with Gasteiger partial charge in [-0.15, -0.1) is 0 Å². The molecule has 0 unspecified atom stereocenters. The van der Waals surface area contributed by atoms with E-state index >= 15 is 0 Å². The Morgan fingerprint density at radius 2 is 2.04 bits per heavy atom. The lowest BCUT2D eigenvalue weighted by molar-refractivity contribution is -0.137. The van der Waals surface area contributed by atoms with Crippen molar-refractivity contribution in [2.24, 2.45) is 7.05 Å². The van der Waals surface area contributed by atoms with Crippen molar-refractivity contribution in [3.05, 3.63) is 29.9 Å². The molecule has 0 N–H and O–H groups in total. The lowest BCUT2D eigenvalue weighted by Crippen LogP contribution is -2.40. The highest BCUT2D eigenvalue weighted by atomic mass is 28.4. The number of allylic oxidation sites excluding steroid dienone is 1. The number of imidazole rings is 1. The van der Waals surface area contributed by atoms with Crippen molar-refractivity contribution in [2.75, 3.05) is 6.61 Å². The van der Waals surface area contributed by atoms with Crippen molar-refractivity contribution in [2.45, 2.75) is 65.3 Å². The predicted octanol–water partition coefficient (Wildman–Crippen LogP) is 3.99. The minimum atomic E-state index is -1.76. The van der Waals surface area contributed by atoms with Gasteiger partial charge < -0.3 is 13.7 Å². The van der Waals surface area contributed by atoms with Crippen molar-refractivity contribution < 1.29 is 14.0 Å². The summed E-state index contributed by atoms with van der Waals surface area (Å²) in [5, 5.41) is 0.201. The molecule has 1 rings (SSSR count). The average molecular weight is 353 g/mol. The van der Waals surface area contributed by atoms with E-state index in [1.165, 1.54) is 6.08 Å². The number of nitrogens with zero attached hydrogens (tertiary/aromatic N) is 2. The maximum absolute atomic E-state index is 11.2. The number of carbonyl (C=O) groups excluding carboxylic acids is 1. The van der Waals surface area contributed by atoms with E-state index in [0.29, 0.717) is 13.2 Å². The van der Waals surface area contributed by atoms with Crippen LogP contribution in [0, 0.1) is 0 Å². The van der Waals surface area contributed by atoms with E-state index in [9.17, 15) is 4.79 Å². The monoisotopic (exact) mass is 352 g/mol. The van der Waals surface area contributed by atoms with Gasteiger partial charge in [-0.1, -0.05) is 26.8 Å². The third kappa shape index (κ3) is 5.91. The van der Waals surface area contributed by atoms with E-state index in [2.05, 4.69) is 43.4 Å². The molecule has 1 aromatic heterocycles. The Morgan fingerprint density at radius 3 is 2.62 bits per heavy atom. The molecular formula is C18H32N2O3Si. The quantitative estimate of drug-likeness (QED) is 0.403. The largest absolute Gasteiger partial charge is 0.463 e. The first-order valence-electron chi connectivity index (χ1n) is 8.55. The maximum atomic E-state index is 11.2. The molecule has 0 saturated heterocycles. The number of aryl methyl sites for hydroxylation is 1. The van der Waals surface area contributed by atoms with Crippen LogP contribution >= 0.6 is 0 Å². The summed E-state index contributed by atoms with van der Waals surface area (Å²) in [6, 6.07) is 0.